The highest BCUT2D eigenvalue weighted by atomic mass is 16.6. The average Bonchev–Trinajstić information content (AvgIpc) is 2.83. The van der Waals surface area contributed by atoms with E-state index in [1.165, 1.54) is 6.92 Å². The van der Waals surface area contributed by atoms with Gasteiger partial charge in [-0.3, -0.25) is 9.59 Å². The summed E-state index contributed by atoms with van der Waals surface area (Å²) in [6.07, 6.45) is -2.12. The molecule has 8 heteroatoms. The minimum atomic E-state index is -2.14. The number of hydrogen-bond acceptors (Lipinski definition) is 8. The first kappa shape index (κ1) is 19.9. The van der Waals surface area contributed by atoms with E-state index in [4.69, 9.17) is 9.47 Å². The first-order chi connectivity index (χ1) is 13.5. The number of fused-ring (bicyclic) bond motifs is 2. The van der Waals surface area contributed by atoms with Gasteiger partial charge in [-0.1, -0.05) is 6.92 Å². The van der Waals surface area contributed by atoms with E-state index < -0.39 is 58.3 Å². The van der Waals surface area contributed by atoms with Crippen molar-refractivity contribution in [1.82, 2.24) is 0 Å². The van der Waals surface area contributed by atoms with Crippen molar-refractivity contribution in [1.29, 1.82) is 0 Å². The molecule has 4 N–H and O–H groups in total. The normalized spacial score (nSPS) is 60.5. The molecule has 0 amide bonds. The minimum Gasteiger partial charge on any atom is -0.456 e. The van der Waals surface area contributed by atoms with Crippen molar-refractivity contribution in [3.8, 4) is 0 Å². The van der Waals surface area contributed by atoms with Crippen LogP contribution in [0, 0.1) is 34.5 Å². The number of aliphatic hydroxyl groups excluding tert-OH is 3. The fraction of sp³-hybridized carbons (Fsp3) is 0.905. The Bertz CT molecular complexity index is 785. The van der Waals surface area contributed by atoms with Gasteiger partial charge in [0.25, 0.3) is 0 Å². The first-order valence-electron chi connectivity index (χ1n) is 10.6. The van der Waals surface area contributed by atoms with Gasteiger partial charge >= 0.3 is 5.97 Å². The molecule has 2 heterocycles. The van der Waals surface area contributed by atoms with Gasteiger partial charge in [-0.05, 0) is 38.0 Å². The van der Waals surface area contributed by atoms with Crippen LogP contribution in [0.2, 0.25) is 0 Å². The molecule has 8 nitrogen and oxygen atoms in total. The molecular formula is C21H30O8. The standard InChI is InChI=1S/C21H30O8/c1-9-11-4-5-12-19-8-28-21(27,20(12,7-11)16(9)25)17(26)15(19)18(3,29-10(2)22)13(23)6-14(19)24/h9,11-15,17,23-24,26-27H,4-8H2,1-3H3. The van der Waals surface area contributed by atoms with E-state index in [1.807, 2.05) is 6.92 Å². The van der Waals surface area contributed by atoms with Gasteiger partial charge in [0.15, 0.2) is 0 Å². The second-order valence-electron chi connectivity index (χ2n) is 10.3. The van der Waals surface area contributed by atoms with E-state index in [1.54, 1.807) is 6.92 Å². The summed E-state index contributed by atoms with van der Waals surface area (Å²) in [5.41, 5.74) is -3.91. The molecule has 6 fully saturated rings. The van der Waals surface area contributed by atoms with Crippen LogP contribution >= 0.6 is 0 Å². The van der Waals surface area contributed by atoms with Crippen LogP contribution < -0.4 is 0 Å². The molecular weight excluding hydrogens is 380 g/mol. The maximum Gasteiger partial charge on any atom is 0.303 e. The van der Waals surface area contributed by atoms with E-state index in [0.29, 0.717) is 12.8 Å². The van der Waals surface area contributed by atoms with Crippen molar-refractivity contribution in [3.63, 3.8) is 0 Å². The summed E-state index contributed by atoms with van der Waals surface area (Å²) in [7, 11) is 0. The lowest BCUT2D eigenvalue weighted by molar-refractivity contribution is -0.457. The van der Waals surface area contributed by atoms with Crippen molar-refractivity contribution in [3.05, 3.63) is 0 Å². The number of esters is 1. The lowest BCUT2D eigenvalue weighted by Gasteiger charge is -2.74. The summed E-state index contributed by atoms with van der Waals surface area (Å²) >= 11 is 0. The molecule has 4 saturated carbocycles. The zero-order valence-corrected chi connectivity index (χ0v) is 17.0. The molecule has 0 aromatic carbocycles. The Morgan fingerprint density at radius 1 is 1.21 bits per heavy atom. The van der Waals surface area contributed by atoms with Crippen LogP contribution in [0.15, 0.2) is 0 Å². The number of Topliss-reactive ketones (excluding diaryl/α,β-unsaturated/α-hetero) is 1. The molecule has 11 unspecified atom stereocenters. The minimum absolute atomic E-state index is 0.0608. The van der Waals surface area contributed by atoms with Gasteiger partial charge in [-0.15, -0.1) is 0 Å². The molecule has 2 saturated heterocycles. The van der Waals surface area contributed by atoms with Crippen molar-refractivity contribution < 1.29 is 39.5 Å². The fourth-order valence-electron chi connectivity index (χ4n) is 8.24. The highest BCUT2D eigenvalue weighted by Crippen LogP contribution is 2.75. The molecule has 6 rings (SSSR count). The Balaban J connectivity index is 1.74. The smallest absolute Gasteiger partial charge is 0.303 e. The summed E-state index contributed by atoms with van der Waals surface area (Å²) in [6.45, 7) is 4.57. The van der Waals surface area contributed by atoms with Crippen molar-refractivity contribution in [2.45, 2.75) is 76.2 Å². The van der Waals surface area contributed by atoms with Crippen molar-refractivity contribution in [2.75, 3.05) is 6.61 Å². The Morgan fingerprint density at radius 3 is 2.55 bits per heavy atom. The largest absolute Gasteiger partial charge is 0.456 e. The van der Waals surface area contributed by atoms with E-state index in [9.17, 15) is 30.0 Å². The number of carbonyl (C=O) groups is 2. The topological polar surface area (TPSA) is 134 Å². The Hall–Kier alpha value is -1.06. The highest BCUT2D eigenvalue weighted by molar-refractivity contribution is 5.92. The van der Waals surface area contributed by atoms with Gasteiger partial charge in [0.05, 0.1) is 24.2 Å². The molecule has 6 aliphatic rings. The number of carbonyl (C=O) groups excluding carboxylic acids is 2. The second kappa shape index (κ2) is 5.59. The third kappa shape index (κ3) is 1.90. The molecule has 0 aromatic heterocycles. The van der Waals surface area contributed by atoms with Gasteiger partial charge in [0.2, 0.25) is 5.79 Å². The summed E-state index contributed by atoms with van der Waals surface area (Å²) in [4.78, 5) is 25.4. The molecule has 4 bridgehead atoms. The molecule has 0 aromatic rings. The number of rotatable bonds is 1. The third-order valence-electron chi connectivity index (χ3n) is 9.40. The van der Waals surface area contributed by atoms with Crippen LogP contribution in [0.5, 0.6) is 0 Å². The average molecular weight is 410 g/mol. The molecule has 4 aliphatic carbocycles. The molecule has 162 valence electrons. The van der Waals surface area contributed by atoms with Crippen LogP contribution in [0.3, 0.4) is 0 Å². The van der Waals surface area contributed by atoms with Crippen LogP contribution in [0.25, 0.3) is 0 Å². The van der Waals surface area contributed by atoms with Gasteiger partial charge < -0.3 is 29.9 Å². The molecule has 29 heavy (non-hydrogen) atoms. The first-order valence-corrected chi connectivity index (χ1v) is 10.6. The van der Waals surface area contributed by atoms with Crippen LogP contribution in [0.4, 0.5) is 0 Å². The summed E-state index contributed by atoms with van der Waals surface area (Å²) in [6, 6.07) is 0. The molecule has 2 aliphatic heterocycles. The Labute approximate surface area is 169 Å². The molecule has 11 atom stereocenters. The second-order valence-corrected chi connectivity index (χ2v) is 10.3. The summed E-state index contributed by atoms with van der Waals surface area (Å²) < 4.78 is 11.4. The Morgan fingerprint density at radius 2 is 1.90 bits per heavy atom. The molecule has 0 radical (unpaired) electrons. The summed E-state index contributed by atoms with van der Waals surface area (Å²) in [5, 5.41) is 45.2. The zero-order chi connectivity index (χ0) is 21.1. The van der Waals surface area contributed by atoms with Gasteiger partial charge in [0, 0.05) is 30.6 Å². The zero-order valence-electron chi connectivity index (χ0n) is 17.0. The lowest BCUT2D eigenvalue weighted by atomic mass is 9.37. The van der Waals surface area contributed by atoms with Crippen LogP contribution in [0.1, 0.15) is 46.5 Å². The maximum absolute atomic E-state index is 13.5. The van der Waals surface area contributed by atoms with Gasteiger partial charge in [-0.25, -0.2) is 0 Å². The maximum atomic E-state index is 13.5. The fourth-order valence-corrected chi connectivity index (χ4v) is 8.24. The monoisotopic (exact) mass is 410 g/mol. The number of hydrogen-bond donors (Lipinski definition) is 4. The van der Waals surface area contributed by atoms with Gasteiger partial charge in [0.1, 0.15) is 17.5 Å². The SMILES string of the molecule is CC(=O)OC1(C)C(O)CC(O)C23COC(O)(C(O)C12)C12CC(CCC31)C(C)C2=O. The number of ketones is 1. The predicted octanol–water partition coefficient (Wildman–Crippen LogP) is -0.249. The van der Waals surface area contributed by atoms with Crippen LogP contribution in [-0.2, 0) is 19.1 Å². The third-order valence-corrected chi connectivity index (χ3v) is 9.40. The Kier molecular flexibility index (Phi) is 3.83. The van der Waals surface area contributed by atoms with E-state index in [0.717, 1.165) is 6.42 Å². The quantitative estimate of drug-likeness (QED) is 0.435. The van der Waals surface area contributed by atoms with Crippen molar-refractivity contribution >= 4 is 11.8 Å². The predicted molar refractivity (Wildman–Crippen MR) is 97.1 cm³/mol. The van der Waals surface area contributed by atoms with Gasteiger partial charge in [-0.2, -0.15) is 0 Å². The number of ether oxygens (including phenoxy) is 2. The van der Waals surface area contributed by atoms with E-state index in [2.05, 4.69) is 0 Å². The lowest BCUT2D eigenvalue weighted by Crippen LogP contribution is -2.86. The van der Waals surface area contributed by atoms with Crippen molar-refractivity contribution in [2.24, 2.45) is 34.5 Å². The van der Waals surface area contributed by atoms with Crippen LogP contribution in [-0.4, -0.2) is 68.5 Å². The highest BCUT2D eigenvalue weighted by Gasteiger charge is 2.86. The van der Waals surface area contributed by atoms with E-state index >= 15 is 0 Å². The summed E-state index contributed by atoms with van der Waals surface area (Å²) in [5.74, 6) is -4.40. The molecule has 2 spiro atoms. The van der Waals surface area contributed by atoms with E-state index in [-0.39, 0.29) is 30.6 Å². The number of aliphatic hydroxyl groups is 4.